The quantitative estimate of drug-likeness (QED) is 0.874. The molecule has 0 aromatic carbocycles. The van der Waals surface area contributed by atoms with Crippen LogP contribution in [0.2, 0.25) is 0 Å². The zero-order valence-corrected chi connectivity index (χ0v) is 13.0. The summed E-state index contributed by atoms with van der Waals surface area (Å²) in [5.74, 6) is 1.32. The van der Waals surface area contributed by atoms with Gasteiger partial charge in [0.15, 0.2) is 0 Å². The number of carbonyl (C=O) groups is 1. The highest BCUT2D eigenvalue weighted by Crippen LogP contribution is 2.19. The molecule has 2 rings (SSSR count). The first kappa shape index (κ1) is 15.8. The van der Waals surface area contributed by atoms with Gasteiger partial charge < -0.3 is 15.0 Å². The number of likely N-dealkylation sites (tertiary alicyclic amines) is 1. The van der Waals surface area contributed by atoms with Gasteiger partial charge in [-0.25, -0.2) is 4.98 Å². The monoisotopic (exact) mass is 291 g/mol. The first-order valence-electron chi connectivity index (χ1n) is 7.72. The van der Waals surface area contributed by atoms with Crippen molar-refractivity contribution in [3.05, 3.63) is 23.9 Å². The molecule has 0 aliphatic carbocycles. The first-order valence-corrected chi connectivity index (χ1v) is 7.72. The third-order valence-corrected chi connectivity index (χ3v) is 3.77. The maximum absolute atomic E-state index is 12.6. The second kappa shape index (κ2) is 7.98. The van der Waals surface area contributed by atoms with E-state index in [1.54, 1.807) is 19.4 Å². The average molecular weight is 291 g/mol. The Morgan fingerprint density at radius 1 is 1.57 bits per heavy atom. The summed E-state index contributed by atoms with van der Waals surface area (Å²) in [6, 6.07) is 3.64. The van der Waals surface area contributed by atoms with Gasteiger partial charge >= 0.3 is 0 Å². The van der Waals surface area contributed by atoms with Crippen LogP contribution >= 0.6 is 0 Å². The fraction of sp³-hybridized carbons (Fsp3) is 0.625. The molecule has 1 saturated heterocycles. The zero-order chi connectivity index (χ0) is 15.1. The highest BCUT2D eigenvalue weighted by molar-refractivity contribution is 5.94. The molecule has 1 aromatic rings. The van der Waals surface area contributed by atoms with Crippen LogP contribution in [0.25, 0.3) is 0 Å². The Hall–Kier alpha value is -1.62. The van der Waals surface area contributed by atoms with E-state index in [1.807, 2.05) is 11.0 Å². The Labute approximate surface area is 126 Å². The third-order valence-electron chi connectivity index (χ3n) is 3.77. The zero-order valence-electron chi connectivity index (χ0n) is 13.0. The van der Waals surface area contributed by atoms with Gasteiger partial charge in [0, 0.05) is 38.5 Å². The van der Waals surface area contributed by atoms with Crippen molar-refractivity contribution in [2.45, 2.75) is 26.2 Å². The van der Waals surface area contributed by atoms with E-state index in [9.17, 15) is 4.79 Å². The molecule has 1 amide bonds. The second-order valence-electron chi connectivity index (χ2n) is 5.57. The molecule has 1 aromatic heterocycles. The van der Waals surface area contributed by atoms with Crippen molar-refractivity contribution in [2.24, 2.45) is 5.92 Å². The van der Waals surface area contributed by atoms with Gasteiger partial charge in [-0.05, 0) is 37.3 Å². The van der Waals surface area contributed by atoms with Gasteiger partial charge in [0.05, 0.1) is 6.61 Å². The average Bonchev–Trinajstić information content (AvgIpc) is 2.53. The SMILES string of the molecule is CCCNc1cc(C(=O)N2CCCC(COC)C2)ccn1. The predicted octanol–water partition coefficient (Wildman–Crippen LogP) is 2.40. The molecule has 116 valence electrons. The van der Waals surface area contributed by atoms with E-state index in [1.165, 1.54) is 0 Å². The summed E-state index contributed by atoms with van der Waals surface area (Å²) in [5, 5.41) is 3.22. The lowest BCUT2D eigenvalue weighted by Crippen LogP contribution is -2.41. The van der Waals surface area contributed by atoms with Crippen molar-refractivity contribution >= 4 is 11.7 Å². The third kappa shape index (κ3) is 4.43. The fourth-order valence-electron chi connectivity index (χ4n) is 2.72. The van der Waals surface area contributed by atoms with Gasteiger partial charge in [-0.3, -0.25) is 4.79 Å². The van der Waals surface area contributed by atoms with Crippen molar-refractivity contribution in [1.29, 1.82) is 0 Å². The molecular formula is C16H25N3O2. The van der Waals surface area contributed by atoms with Crippen LogP contribution in [-0.2, 0) is 4.74 Å². The van der Waals surface area contributed by atoms with Gasteiger partial charge in [0.25, 0.3) is 5.91 Å². The molecule has 1 unspecified atom stereocenters. The number of aromatic nitrogens is 1. The summed E-state index contributed by atoms with van der Waals surface area (Å²) >= 11 is 0. The van der Waals surface area contributed by atoms with Gasteiger partial charge in [0.2, 0.25) is 0 Å². The number of pyridine rings is 1. The van der Waals surface area contributed by atoms with Crippen LogP contribution in [-0.4, -0.2) is 49.1 Å². The van der Waals surface area contributed by atoms with E-state index in [4.69, 9.17) is 4.74 Å². The maximum atomic E-state index is 12.6. The Morgan fingerprint density at radius 2 is 2.43 bits per heavy atom. The summed E-state index contributed by atoms with van der Waals surface area (Å²) in [4.78, 5) is 18.8. The predicted molar refractivity (Wildman–Crippen MR) is 83.5 cm³/mol. The van der Waals surface area contributed by atoms with E-state index in [2.05, 4.69) is 17.2 Å². The number of hydrogen-bond donors (Lipinski definition) is 1. The number of nitrogens with one attached hydrogen (secondary N) is 1. The van der Waals surface area contributed by atoms with Crippen LogP contribution in [0.15, 0.2) is 18.3 Å². The minimum absolute atomic E-state index is 0.0951. The van der Waals surface area contributed by atoms with Gasteiger partial charge in [-0.1, -0.05) is 6.92 Å². The molecule has 2 heterocycles. The summed E-state index contributed by atoms with van der Waals surface area (Å²) < 4.78 is 5.22. The Bertz CT molecular complexity index is 463. The number of hydrogen-bond acceptors (Lipinski definition) is 4. The summed E-state index contributed by atoms with van der Waals surface area (Å²) in [6.45, 7) is 5.31. The minimum atomic E-state index is 0.0951. The van der Waals surface area contributed by atoms with Crippen LogP contribution in [0.1, 0.15) is 36.5 Å². The number of nitrogens with zero attached hydrogens (tertiary/aromatic N) is 2. The van der Waals surface area contributed by atoms with E-state index in [0.717, 1.165) is 51.3 Å². The molecular weight excluding hydrogens is 266 g/mol. The van der Waals surface area contributed by atoms with Gasteiger partial charge in [-0.2, -0.15) is 0 Å². The van der Waals surface area contributed by atoms with Crippen molar-refractivity contribution in [3.8, 4) is 0 Å². The molecule has 0 radical (unpaired) electrons. The molecule has 5 heteroatoms. The lowest BCUT2D eigenvalue weighted by molar-refractivity contribution is 0.0571. The lowest BCUT2D eigenvalue weighted by atomic mass is 9.98. The molecule has 1 N–H and O–H groups in total. The normalized spacial score (nSPS) is 18.6. The van der Waals surface area contributed by atoms with E-state index in [-0.39, 0.29) is 5.91 Å². The minimum Gasteiger partial charge on any atom is -0.384 e. The van der Waals surface area contributed by atoms with Crippen LogP contribution in [0.4, 0.5) is 5.82 Å². The smallest absolute Gasteiger partial charge is 0.254 e. The fourth-order valence-corrected chi connectivity index (χ4v) is 2.72. The molecule has 0 spiro atoms. The van der Waals surface area contributed by atoms with Crippen molar-refractivity contribution < 1.29 is 9.53 Å². The van der Waals surface area contributed by atoms with E-state index < -0.39 is 0 Å². The number of anilines is 1. The van der Waals surface area contributed by atoms with E-state index in [0.29, 0.717) is 11.5 Å². The van der Waals surface area contributed by atoms with Crippen LogP contribution < -0.4 is 5.32 Å². The molecule has 0 saturated carbocycles. The standard InChI is InChI=1S/C16H25N3O2/c1-3-7-17-15-10-14(6-8-18-15)16(20)19-9-4-5-13(11-19)12-21-2/h6,8,10,13H,3-5,7,9,11-12H2,1-2H3,(H,17,18). The molecule has 1 fully saturated rings. The van der Waals surface area contributed by atoms with Crippen LogP contribution in [0, 0.1) is 5.92 Å². The largest absolute Gasteiger partial charge is 0.384 e. The molecule has 21 heavy (non-hydrogen) atoms. The second-order valence-corrected chi connectivity index (χ2v) is 5.57. The van der Waals surface area contributed by atoms with Gasteiger partial charge in [-0.15, -0.1) is 0 Å². The number of amides is 1. The summed E-state index contributed by atoms with van der Waals surface area (Å²) in [5.41, 5.74) is 0.710. The van der Waals surface area contributed by atoms with Crippen LogP contribution in [0.5, 0.6) is 0 Å². The van der Waals surface area contributed by atoms with Crippen molar-refractivity contribution in [3.63, 3.8) is 0 Å². The van der Waals surface area contributed by atoms with Crippen LogP contribution in [0.3, 0.4) is 0 Å². The Kier molecular flexibility index (Phi) is 5.99. The Balaban J connectivity index is 2.01. The highest BCUT2D eigenvalue weighted by atomic mass is 16.5. The Morgan fingerprint density at radius 3 is 3.19 bits per heavy atom. The van der Waals surface area contributed by atoms with Crippen molar-refractivity contribution in [2.75, 3.05) is 38.7 Å². The molecule has 1 aliphatic heterocycles. The first-order chi connectivity index (χ1) is 10.2. The number of methoxy groups -OCH3 is 1. The molecule has 5 nitrogen and oxygen atoms in total. The number of piperidine rings is 1. The highest BCUT2D eigenvalue weighted by Gasteiger charge is 2.24. The van der Waals surface area contributed by atoms with Gasteiger partial charge in [0.1, 0.15) is 5.82 Å². The number of ether oxygens (including phenoxy) is 1. The maximum Gasteiger partial charge on any atom is 0.254 e. The summed E-state index contributed by atoms with van der Waals surface area (Å²) in [7, 11) is 1.72. The molecule has 1 aliphatic rings. The van der Waals surface area contributed by atoms with Crippen molar-refractivity contribution in [1.82, 2.24) is 9.88 Å². The number of rotatable bonds is 6. The lowest BCUT2D eigenvalue weighted by Gasteiger charge is -2.32. The molecule has 1 atom stereocenters. The molecule has 0 bridgehead atoms. The summed E-state index contributed by atoms with van der Waals surface area (Å²) in [6.07, 6.45) is 4.91. The number of carbonyl (C=O) groups excluding carboxylic acids is 1. The topological polar surface area (TPSA) is 54.5 Å². The van der Waals surface area contributed by atoms with E-state index >= 15 is 0 Å².